The molecule has 0 bridgehead atoms. The summed E-state index contributed by atoms with van der Waals surface area (Å²) in [5, 5.41) is 12.9. The lowest BCUT2D eigenvalue weighted by Crippen LogP contribution is -2.47. The van der Waals surface area contributed by atoms with Crippen LogP contribution in [0.2, 0.25) is 0 Å². The van der Waals surface area contributed by atoms with Crippen LogP contribution in [0.15, 0.2) is 24.3 Å². The minimum atomic E-state index is -0.827. The van der Waals surface area contributed by atoms with Crippen LogP contribution in [-0.2, 0) is 15.3 Å². The Kier molecular flexibility index (Phi) is 7.01. The third-order valence-corrected chi connectivity index (χ3v) is 6.57. The summed E-state index contributed by atoms with van der Waals surface area (Å²) < 4.78 is 5.40. The first-order valence-electron chi connectivity index (χ1n) is 9.58. The number of rotatable bonds is 5. The van der Waals surface area contributed by atoms with E-state index in [2.05, 4.69) is 11.4 Å². The van der Waals surface area contributed by atoms with Crippen LogP contribution in [0.5, 0.6) is 0 Å². The quantitative estimate of drug-likeness (QED) is 0.799. The fourth-order valence-corrected chi connectivity index (χ4v) is 4.83. The molecule has 0 aliphatic carbocycles. The number of piperidine rings is 1. The van der Waals surface area contributed by atoms with Gasteiger partial charge >= 0.3 is 12.0 Å². The van der Waals surface area contributed by atoms with Gasteiger partial charge in [-0.15, -0.1) is 0 Å². The molecular formula is C20H28N2O4S. The van der Waals surface area contributed by atoms with E-state index >= 15 is 0 Å². The molecule has 2 saturated heterocycles. The van der Waals surface area contributed by atoms with Gasteiger partial charge in [-0.25, -0.2) is 4.79 Å². The largest absolute Gasteiger partial charge is 0.481 e. The Labute approximate surface area is 164 Å². The number of carboxylic acids is 1. The zero-order chi connectivity index (χ0) is 19.2. The molecule has 2 aliphatic rings. The van der Waals surface area contributed by atoms with E-state index in [-0.39, 0.29) is 18.5 Å². The number of nitrogens with one attached hydrogen (secondary N) is 1. The first-order valence-corrected chi connectivity index (χ1v) is 10.6. The van der Waals surface area contributed by atoms with Crippen LogP contribution >= 0.6 is 11.8 Å². The molecule has 1 aromatic carbocycles. The second kappa shape index (κ2) is 9.46. The SMILES string of the molecule is CC1CC(C(=O)O)CN(C(=O)Nc2cccc(CSC3CCOCC3)c2)C1. The Balaban J connectivity index is 1.55. The Morgan fingerprint density at radius 2 is 2.07 bits per heavy atom. The monoisotopic (exact) mass is 392 g/mol. The molecule has 27 heavy (non-hydrogen) atoms. The summed E-state index contributed by atoms with van der Waals surface area (Å²) in [5.74, 6) is -0.211. The highest BCUT2D eigenvalue weighted by atomic mass is 32.2. The van der Waals surface area contributed by atoms with Gasteiger partial charge in [0.2, 0.25) is 0 Å². The lowest BCUT2D eigenvalue weighted by atomic mass is 9.91. The number of hydrogen-bond acceptors (Lipinski definition) is 4. The number of urea groups is 1. The van der Waals surface area contributed by atoms with Crippen molar-refractivity contribution >= 4 is 29.4 Å². The number of anilines is 1. The first-order chi connectivity index (χ1) is 13.0. The highest BCUT2D eigenvalue weighted by molar-refractivity contribution is 7.99. The van der Waals surface area contributed by atoms with E-state index in [0.29, 0.717) is 18.2 Å². The molecule has 1 aromatic rings. The van der Waals surface area contributed by atoms with Crippen LogP contribution in [0.1, 0.15) is 31.7 Å². The maximum Gasteiger partial charge on any atom is 0.321 e. The van der Waals surface area contributed by atoms with Crippen molar-refractivity contribution in [3.8, 4) is 0 Å². The van der Waals surface area contributed by atoms with Crippen LogP contribution in [-0.4, -0.2) is 53.6 Å². The molecule has 2 atom stereocenters. The standard InChI is InChI=1S/C20H28N2O4S/c1-14-9-16(19(23)24)12-22(11-14)20(25)21-17-4-2-3-15(10-17)13-27-18-5-7-26-8-6-18/h2-4,10,14,16,18H,5-9,11-13H2,1H3,(H,21,25)(H,23,24). The number of aliphatic carboxylic acids is 1. The average molecular weight is 393 g/mol. The number of amides is 2. The zero-order valence-corrected chi connectivity index (χ0v) is 16.5. The molecule has 2 unspecified atom stereocenters. The predicted octanol–water partition coefficient (Wildman–Crippen LogP) is 3.67. The minimum Gasteiger partial charge on any atom is -0.481 e. The van der Waals surface area contributed by atoms with Crippen molar-refractivity contribution < 1.29 is 19.4 Å². The Morgan fingerprint density at radius 3 is 2.81 bits per heavy atom. The van der Waals surface area contributed by atoms with Crippen molar-refractivity contribution in [3.05, 3.63) is 29.8 Å². The van der Waals surface area contributed by atoms with Gasteiger partial charge in [0, 0.05) is 43.0 Å². The summed E-state index contributed by atoms with van der Waals surface area (Å²) in [4.78, 5) is 25.5. The summed E-state index contributed by atoms with van der Waals surface area (Å²) in [5.41, 5.74) is 1.94. The summed E-state index contributed by atoms with van der Waals surface area (Å²) in [6.45, 7) is 4.54. The Hall–Kier alpha value is -1.73. The number of ether oxygens (including phenoxy) is 1. The molecular weight excluding hydrogens is 364 g/mol. The number of likely N-dealkylation sites (tertiary alicyclic amines) is 1. The molecule has 2 N–H and O–H groups in total. The maximum atomic E-state index is 12.6. The van der Waals surface area contributed by atoms with E-state index in [1.807, 2.05) is 36.9 Å². The van der Waals surface area contributed by atoms with E-state index < -0.39 is 11.9 Å². The van der Waals surface area contributed by atoms with Crippen molar-refractivity contribution in [2.75, 3.05) is 31.6 Å². The van der Waals surface area contributed by atoms with Crippen LogP contribution in [0, 0.1) is 11.8 Å². The fourth-order valence-electron chi connectivity index (χ4n) is 3.69. The fraction of sp³-hybridized carbons (Fsp3) is 0.600. The Bertz CT molecular complexity index is 663. The Morgan fingerprint density at radius 1 is 1.30 bits per heavy atom. The van der Waals surface area contributed by atoms with Gasteiger partial charge in [-0.2, -0.15) is 11.8 Å². The van der Waals surface area contributed by atoms with E-state index in [4.69, 9.17) is 4.74 Å². The van der Waals surface area contributed by atoms with Crippen molar-refractivity contribution in [2.45, 2.75) is 37.2 Å². The smallest absolute Gasteiger partial charge is 0.321 e. The van der Waals surface area contributed by atoms with Gasteiger partial charge in [0.15, 0.2) is 0 Å². The molecule has 6 nitrogen and oxygen atoms in total. The van der Waals surface area contributed by atoms with E-state index in [0.717, 1.165) is 37.5 Å². The summed E-state index contributed by atoms with van der Waals surface area (Å²) in [6.07, 6.45) is 2.82. The molecule has 0 radical (unpaired) electrons. The highest BCUT2D eigenvalue weighted by Crippen LogP contribution is 2.27. The molecule has 0 saturated carbocycles. The first kappa shape index (κ1) is 20.0. The number of thioether (sulfide) groups is 1. The molecule has 2 fully saturated rings. The van der Waals surface area contributed by atoms with Crippen LogP contribution in [0.25, 0.3) is 0 Å². The number of carboxylic acid groups (broad SMARTS) is 1. The van der Waals surface area contributed by atoms with Crippen LogP contribution in [0.3, 0.4) is 0 Å². The molecule has 2 aliphatic heterocycles. The second-order valence-corrected chi connectivity index (χ2v) is 8.82. The van der Waals surface area contributed by atoms with Gasteiger partial charge in [-0.05, 0) is 42.9 Å². The van der Waals surface area contributed by atoms with Crippen LogP contribution < -0.4 is 5.32 Å². The highest BCUT2D eigenvalue weighted by Gasteiger charge is 2.31. The molecule has 7 heteroatoms. The van der Waals surface area contributed by atoms with Gasteiger partial charge in [0.1, 0.15) is 0 Å². The number of carbonyl (C=O) groups excluding carboxylic acids is 1. The molecule has 3 rings (SSSR count). The minimum absolute atomic E-state index is 0.188. The lowest BCUT2D eigenvalue weighted by Gasteiger charge is -2.34. The number of nitrogens with zero attached hydrogens (tertiary/aromatic N) is 1. The van der Waals surface area contributed by atoms with Crippen molar-refractivity contribution in [3.63, 3.8) is 0 Å². The summed E-state index contributed by atoms with van der Waals surface area (Å²) >= 11 is 1.94. The second-order valence-electron chi connectivity index (χ2n) is 7.53. The summed E-state index contributed by atoms with van der Waals surface area (Å²) in [7, 11) is 0. The van der Waals surface area contributed by atoms with Crippen molar-refractivity contribution in [1.29, 1.82) is 0 Å². The predicted molar refractivity (Wildman–Crippen MR) is 107 cm³/mol. The molecule has 2 heterocycles. The maximum absolute atomic E-state index is 12.6. The van der Waals surface area contributed by atoms with Gasteiger partial charge in [0.05, 0.1) is 5.92 Å². The number of benzene rings is 1. The van der Waals surface area contributed by atoms with Gasteiger partial charge in [-0.3, -0.25) is 4.79 Å². The molecule has 2 amide bonds. The van der Waals surface area contributed by atoms with Crippen molar-refractivity contribution in [2.24, 2.45) is 11.8 Å². The van der Waals surface area contributed by atoms with E-state index in [1.165, 1.54) is 5.56 Å². The van der Waals surface area contributed by atoms with Crippen molar-refractivity contribution in [1.82, 2.24) is 4.90 Å². The van der Waals surface area contributed by atoms with E-state index in [9.17, 15) is 14.7 Å². The van der Waals surface area contributed by atoms with Crippen LogP contribution in [0.4, 0.5) is 10.5 Å². The molecule has 0 spiro atoms. The molecule has 148 valence electrons. The average Bonchev–Trinajstić information content (AvgIpc) is 2.67. The third kappa shape index (κ3) is 5.87. The summed E-state index contributed by atoms with van der Waals surface area (Å²) in [6, 6.07) is 7.69. The lowest BCUT2D eigenvalue weighted by molar-refractivity contribution is -0.143. The van der Waals surface area contributed by atoms with E-state index in [1.54, 1.807) is 4.90 Å². The normalized spacial score (nSPS) is 23.8. The van der Waals surface area contributed by atoms with Gasteiger partial charge in [-0.1, -0.05) is 19.1 Å². The van der Waals surface area contributed by atoms with Gasteiger partial charge in [0.25, 0.3) is 0 Å². The van der Waals surface area contributed by atoms with Gasteiger partial charge < -0.3 is 20.1 Å². The topological polar surface area (TPSA) is 78.9 Å². The number of carbonyl (C=O) groups is 2. The zero-order valence-electron chi connectivity index (χ0n) is 15.7. The number of hydrogen-bond donors (Lipinski definition) is 2. The molecule has 0 aromatic heterocycles. The third-order valence-electron chi connectivity index (χ3n) is 5.13.